The first-order valence-corrected chi connectivity index (χ1v) is 8.45. The minimum atomic E-state index is -5.08. The molecule has 3 heterocycles. The van der Waals surface area contributed by atoms with Crippen molar-refractivity contribution in [2.24, 2.45) is 0 Å². The molecular formula is C17H23F3N4O3. The Balaban J connectivity index is 0.000000321. The van der Waals surface area contributed by atoms with E-state index in [1.165, 1.54) is 0 Å². The highest BCUT2D eigenvalue weighted by atomic mass is 19.4. The number of nitrogens with zero attached hydrogens (tertiary/aromatic N) is 4. The first-order valence-electron chi connectivity index (χ1n) is 8.45. The van der Waals surface area contributed by atoms with Crippen LogP contribution < -0.4 is 0 Å². The van der Waals surface area contributed by atoms with Gasteiger partial charge in [-0.05, 0) is 40.2 Å². The third-order valence-corrected chi connectivity index (χ3v) is 4.30. The number of likely N-dealkylation sites (tertiary alicyclic amines) is 1. The van der Waals surface area contributed by atoms with Crippen LogP contribution in [0, 0.1) is 6.92 Å². The van der Waals surface area contributed by atoms with Gasteiger partial charge >= 0.3 is 12.1 Å². The SMILES string of the molecule is Cc1cc2ncc(CN3CCC[C@H]3C(C)(C)O)cn2n1.O=C(O)C(F)(F)F. The second kappa shape index (κ2) is 7.81. The third-order valence-electron chi connectivity index (χ3n) is 4.30. The number of halogens is 3. The molecule has 3 rings (SSSR count). The number of aliphatic hydroxyl groups is 1. The van der Waals surface area contributed by atoms with E-state index in [-0.39, 0.29) is 6.04 Å². The number of aromatic nitrogens is 3. The largest absolute Gasteiger partial charge is 0.490 e. The Bertz CT molecular complexity index is 799. The minimum absolute atomic E-state index is 0.220. The van der Waals surface area contributed by atoms with E-state index >= 15 is 0 Å². The second-order valence-corrected chi connectivity index (χ2v) is 7.14. The quantitative estimate of drug-likeness (QED) is 0.839. The minimum Gasteiger partial charge on any atom is -0.475 e. The van der Waals surface area contributed by atoms with Crippen molar-refractivity contribution in [3.63, 3.8) is 0 Å². The molecule has 150 valence electrons. The molecule has 7 nitrogen and oxygen atoms in total. The lowest BCUT2D eigenvalue weighted by Crippen LogP contribution is -2.45. The van der Waals surface area contributed by atoms with E-state index in [9.17, 15) is 18.3 Å². The van der Waals surface area contributed by atoms with Crippen molar-refractivity contribution in [3.8, 4) is 0 Å². The van der Waals surface area contributed by atoms with Crippen LogP contribution >= 0.6 is 0 Å². The monoisotopic (exact) mass is 388 g/mol. The van der Waals surface area contributed by atoms with Gasteiger partial charge < -0.3 is 10.2 Å². The Kier molecular flexibility index (Phi) is 6.10. The summed E-state index contributed by atoms with van der Waals surface area (Å²) < 4.78 is 33.6. The molecule has 0 bridgehead atoms. The molecule has 10 heteroatoms. The van der Waals surface area contributed by atoms with Crippen LogP contribution in [0.15, 0.2) is 18.5 Å². The van der Waals surface area contributed by atoms with E-state index in [0.717, 1.165) is 42.8 Å². The van der Waals surface area contributed by atoms with Crippen molar-refractivity contribution in [2.45, 2.75) is 58.0 Å². The maximum atomic E-state index is 10.6. The molecule has 0 radical (unpaired) electrons. The van der Waals surface area contributed by atoms with Crippen LogP contribution in [-0.2, 0) is 11.3 Å². The average Bonchev–Trinajstić information content (AvgIpc) is 3.11. The summed E-state index contributed by atoms with van der Waals surface area (Å²) in [5.74, 6) is -2.76. The predicted octanol–water partition coefficient (Wildman–Crippen LogP) is 2.41. The molecule has 0 aromatic carbocycles. The van der Waals surface area contributed by atoms with Crippen molar-refractivity contribution in [2.75, 3.05) is 6.54 Å². The van der Waals surface area contributed by atoms with Crippen LogP contribution in [0.3, 0.4) is 0 Å². The first kappa shape index (κ1) is 21.1. The molecule has 0 amide bonds. The van der Waals surface area contributed by atoms with Crippen LogP contribution in [0.2, 0.25) is 0 Å². The summed E-state index contributed by atoms with van der Waals surface area (Å²) in [6.45, 7) is 7.61. The van der Waals surface area contributed by atoms with Gasteiger partial charge in [0.25, 0.3) is 0 Å². The van der Waals surface area contributed by atoms with E-state index < -0.39 is 17.7 Å². The van der Waals surface area contributed by atoms with Crippen LogP contribution in [0.25, 0.3) is 5.65 Å². The molecule has 2 aromatic rings. The first-order chi connectivity index (χ1) is 12.4. The fraction of sp³-hybridized carbons (Fsp3) is 0.588. The molecule has 1 aliphatic rings. The summed E-state index contributed by atoms with van der Waals surface area (Å²) in [5.41, 5.74) is 2.34. The Morgan fingerprint density at radius 1 is 1.37 bits per heavy atom. The maximum Gasteiger partial charge on any atom is 0.490 e. The summed E-state index contributed by atoms with van der Waals surface area (Å²) in [6.07, 6.45) is 1.07. The van der Waals surface area contributed by atoms with Gasteiger partial charge in [0, 0.05) is 36.6 Å². The molecule has 0 spiro atoms. The molecule has 0 saturated carbocycles. The molecule has 0 unspecified atom stereocenters. The number of aryl methyl sites for hydroxylation is 1. The standard InChI is InChI=1S/C15H22N4O.C2HF3O2/c1-11-7-14-16-8-12(10-19(14)17-11)9-18-6-4-5-13(18)15(2,3)20;3-2(4,5)1(6)7/h7-8,10,13,20H,4-6,9H2,1-3H3;(H,6,7)/t13-;/m0./s1. The number of fused-ring (bicyclic) bond motifs is 1. The Labute approximate surface area is 154 Å². The van der Waals surface area contributed by atoms with Gasteiger partial charge in [0.2, 0.25) is 0 Å². The molecule has 0 aliphatic carbocycles. The molecule has 1 aliphatic heterocycles. The molecule has 2 N–H and O–H groups in total. The van der Waals surface area contributed by atoms with Gasteiger partial charge in [0.05, 0.1) is 11.3 Å². The third kappa shape index (κ3) is 5.64. The van der Waals surface area contributed by atoms with Crippen LogP contribution in [-0.4, -0.2) is 60.0 Å². The van der Waals surface area contributed by atoms with Gasteiger partial charge in [0.15, 0.2) is 5.65 Å². The van der Waals surface area contributed by atoms with Gasteiger partial charge in [-0.25, -0.2) is 14.3 Å². The highest BCUT2D eigenvalue weighted by Crippen LogP contribution is 2.28. The van der Waals surface area contributed by atoms with Gasteiger partial charge in [-0.1, -0.05) is 0 Å². The van der Waals surface area contributed by atoms with E-state index in [1.807, 2.05) is 43.7 Å². The average molecular weight is 388 g/mol. The fourth-order valence-electron chi connectivity index (χ4n) is 3.17. The molecule has 2 aromatic heterocycles. The van der Waals surface area contributed by atoms with Gasteiger partial charge in [-0.2, -0.15) is 18.3 Å². The number of hydrogen-bond donors (Lipinski definition) is 2. The van der Waals surface area contributed by atoms with Gasteiger partial charge in [-0.15, -0.1) is 0 Å². The Morgan fingerprint density at radius 3 is 2.56 bits per heavy atom. The molecule has 1 saturated heterocycles. The van der Waals surface area contributed by atoms with E-state index in [0.29, 0.717) is 0 Å². The zero-order valence-electron chi connectivity index (χ0n) is 15.4. The normalized spacial score (nSPS) is 18.4. The highest BCUT2D eigenvalue weighted by molar-refractivity contribution is 5.73. The van der Waals surface area contributed by atoms with E-state index in [2.05, 4.69) is 15.0 Å². The van der Waals surface area contributed by atoms with Gasteiger partial charge in [0.1, 0.15) is 0 Å². The molecule has 1 atom stereocenters. The summed E-state index contributed by atoms with van der Waals surface area (Å²) in [7, 11) is 0. The Morgan fingerprint density at radius 2 is 2.00 bits per heavy atom. The lowest BCUT2D eigenvalue weighted by Gasteiger charge is -2.33. The topological polar surface area (TPSA) is 91.0 Å². The maximum absolute atomic E-state index is 10.6. The zero-order valence-corrected chi connectivity index (χ0v) is 15.4. The molecule has 27 heavy (non-hydrogen) atoms. The number of carbonyl (C=O) groups is 1. The van der Waals surface area contributed by atoms with E-state index in [1.54, 1.807) is 0 Å². The fourth-order valence-corrected chi connectivity index (χ4v) is 3.17. The van der Waals surface area contributed by atoms with Crippen LogP contribution in [0.1, 0.15) is 37.9 Å². The predicted molar refractivity (Wildman–Crippen MR) is 91.1 cm³/mol. The van der Waals surface area contributed by atoms with E-state index in [4.69, 9.17) is 9.90 Å². The van der Waals surface area contributed by atoms with Crippen molar-refractivity contribution < 1.29 is 28.2 Å². The summed E-state index contributed by atoms with van der Waals surface area (Å²) >= 11 is 0. The smallest absolute Gasteiger partial charge is 0.475 e. The zero-order chi connectivity index (χ0) is 20.4. The van der Waals surface area contributed by atoms with Crippen LogP contribution in [0.5, 0.6) is 0 Å². The second-order valence-electron chi connectivity index (χ2n) is 7.14. The van der Waals surface area contributed by atoms with Crippen molar-refractivity contribution in [3.05, 3.63) is 29.7 Å². The number of aliphatic carboxylic acids is 1. The number of alkyl halides is 3. The van der Waals surface area contributed by atoms with Crippen molar-refractivity contribution >= 4 is 11.6 Å². The highest BCUT2D eigenvalue weighted by Gasteiger charge is 2.38. The molecule has 1 fully saturated rings. The number of rotatable bonds is 3. The number of carboxylic acids is 1. The lowest BCUT2D eigenvalue weighted by atomic mass is 9.96. The summed E-state index contributed by atoms with van der Waals surface area (Å²) in [4.78, 5) is 15.7. The lowest BCUT2D eigenvalue weighted by molar-refractivity contribution is -0.192. The van der Waals surface area contributed by atoms with Gasteiger partial charge in [-0.3, -0.25) is 4.90 Å². The number of hydrogen-bond acceptors (Lipinski definition) is 5. The number of carboxylic acid groups (broad SMARTS) is 1. The Hall–Kier alpha value is -2.20. The summed E-state index contributed by atoms with van der Waals surface area (Å²) in [6, 6.07) is 2.19. The molecular weight excluding hydrogens is 365 g/mol. The summed E-state index contributed by atoms with van der Waals surface area (Å²) in [5, 5.41) is 21.8. The van der Waals surface area contributed by atoms with Crippen LogP contribution in [0.4, 0.5) is 13.2 Å². The van der Waals surface area contributed by atoms with Crippen molar-refractivity contribution in [1.29, 1.82) is 0 Å². The van der Waals surface area contributed by atoms with Crippen molar-refractivity contribution in [1.82, 2.24) is 19.5 Å².